The molecule has 9 nitrogen and oxygen atoms in total. The molecule has 194 valence electrons. The van der Waals surface area contributed by atoms with Gasteiger partial charge in [0.25, 0.3) is 5.91 Å². The average Bonchev–Trinajstić information content (AvgIpc) is 2.82. The Kier molecular flexibility index (Phi) is 6.62. The van der Waals surface area contributed by atoms with E-state index in [1.165, 1.54) is 13.2 Å². The van der Waals surface area contributed by atoms with E-state index in [0.29, 0.717) is 17.9 Å². The summed E-state index contributed by atoms with van der Waals surface area (Å²) in [6, 6.07) is 3.46. The zero-order valence-electron chi connectivity index (χ0n) is 19.6. The second-order valence-electron chi connectivity index (χ2n) is 8.44. The molecule has 13 heteroatoms. The van der Waals surface area contributed by atoms with Crippen LogP contribution in [0.5, 0.6) is 11.5 Å². The maximum absolute atomic E-state index is 13.6. The highest BCUT2D eigenvalue weighted by atomic mass is 32.2. The number of aromatic nitrogens is 1. The van der Waals surface area contributed by atoms with Crippen molar-refractivity contribution in [3.05, 3.63) is 51.8 Å². The summed E-state index contributed by atoms with van der Waals surface area (Å²) in [6.07, 6.45) is 2.10. The van der Waals surface area contributed by atoms with Crippen LogP contribution in [0.1, 0.15) is 62.1 Å². The number of hydrogen-bond acceptors (Lipinski definition) is 8. The number of pyridine rings is 1. The number of nitrogens with zero attached hydrogens (tertiary/aromatic N) is 2. The Labute approximate surface area is 205 Å². The van der Waals surface area contributed by atoms with E-state index in [4.69, 9.17) is 4.74 Å². The lowest BCUT2D eigenvalue weighted by atomic mass is 9.87. The maximum Gasteiger partial charge on any atom is 0.534 e. The topological polar surface area (TPSA) is 112 Å². The molecule has 0 saturated heterocycles. The lowest BCUT2D eigenvalue weighted by Crippen LogP contribution is -2.42. The van der Waals surface area contributed by atoms with Crippen LogP contribution in [0.15, 0.2) is 18.2 Å². The summed E-state index contributed by atoms with van der Waals surface area (Å²) in [5.74, 6) is -1.72. The standard InChI is InChI=1S/C23H23F3N2O7S/c1-12-19(33-2)11-16-17(27-12)5-4-6-18(16)28-8-7-14-15(21(28)29)9-13(22(30)34-3)10-20(14)35-36(31,32)23(24,25)26/h9-11,18H,4-8H2,1-3H3. The molecule has 1 amide bonds. The van der Waals surface area contributed by atoms with Crippen molar-refractivity contribution in [2.45, 2.75) is 44.2 Å². The van der Waals surface area contributed by atoms with Gasteiger partial charge in [0.2, 0.25) is 0 Å². The fourth-order valence-electron chi connectivity index (χ4n) is 4.64. The third kappa shape index (κ3) is 4.47. The fourth-order valence-corrected chi connectivity index (χ4v) is 5.12. The lowest BCUT2D eigenvalue weighted by Gasteiger charge is -2.39. The van der Waals surface area contributed by atoms with Crippen molar-refractivity contribution in [1.82, 2.24) is 9.88 Å². The van der Waals surface area contributed by atoms with E-state index in [-0.39, 0.29) is 35.7 Å². The minimum absolute atomic E-state index is 0.00744. The van der Waals surface area contributed by atoms with E-state index in [9.17, 15) is 31.2 Å². The number of carbonyl (C=O) groups excluding carboxylic acids is 2. The molecule has 2 aromatic rings. The number of fused-ring (bicyclic) bond motifs is 2. The second-order valence-corrected chi connectivity index (χ2v) is 9.98. The van der Waals surface area contributed by atoms with Crippen molar-refractivity contribution in [2.75, 3.05) is 20.8 Å². The number of aryl methyl sites for hydroxylation is 2. The normalized spacial score (nSPS) is 17.8. The van der Waals surface area contributed by atoms with Crippen molar-refractivity contribution in [3.63, 3.8) is 0 Å². The summed E-state index contributed by atoms with van der Waals surface area (Å²) in [7, 11) is -3.47. The molecular weight excluding hydrogens is 505 g/mol. The van der Waals surface area contributed by atoms with Crippen molar-refractivity contribution in [2.24, 2.45) is 0 Å². The van der Waals surface area contributed by atoms with Crippen molar-refractivity contribution < 1.29 is 44.8 Å². The quantitative estimate of drug-likeness (QED) is 0.329. The highest BCUT2D eigenvalue weighted by molar-refractivity contribution is 7.88. The number of rotatable bonds is 5. The highest BCUT2D eigenvalue weighted by Crippen LogP contribution is 2.41. The summed E-state index contributed by atoms with van der Waals surface area (Å²) in [5.41, 5.74) is -3.83. The molecule has 1 aliphatic carbocycles. The monoisotopic (exact) mass is 528 g/mol. The smallest absolute Gasteiger partial charge is 0.495 e. The van der Waals surface area contributed by atoms with E-state index in [1.54, 1.807) is 4.90 Å². The largest absolute Gasteiger partial charge is 0.534 e. The van der Waals surface area contributed by atoms with E-state index in [2.05, 4.69) is 13.9 Å². The molecule has 0 saturated carbocycles. The molecular formula is C23H23F3N2O7S. The molecule has 1 aliphatic heterocycles. The van der Waals surface area contributed by atoms with Crippen molar-refractivity contribution >= 4 is 22.0 Å². The molecule has 1 unspecified atom stereocenters. The number of benzene rings is 1. The molecule has 0 spiro atoms. The molecule has 0 fully saturated rings. The zero-order valence-corrected chi connectivity index (χ0v) is 20.5. The van der Waals surface area contributed by atoms with Crippen LogP contribution in [0, 0.1) is 6.92 Å². The van der Waals surface area contributed by atoms with Crippen LogP contribution in [0.4, 0.5) is 13.2 Å². The number of amides is 1. The van der Waals surface area contributed by atoms with Gasteiger partial charge in [-0.3, -0.25) is 9.78 Å². The van der Waals surface area contributed by atoms with Crippen molar-refractivity contribution in [1.29, 1.82) is 0 Å². The second kappa shape index (κ2) is 9.26. The van der Waals surface area contributed by atoms with Crippen LogP contribution in [0.3, 0.4) is 0 Å². The highest BCUT2D eigenvalue weighted by Gasteiger charge is 2.49. The van der Waals surface area contributed by atoms with Gasteiger partial charge < -0.3 is 18.6 Å². The van der Waals surface area contributed by atoms with Crippen LogP contribution < -0.4 is 8.92 Å². The predicted molar refractivity (Wildman–Crippen MR) is 119 cm³/mol. The molecule has 4 rings (SSSR count). The number of halogens is 3. The molecule has 2 aliphatic rings. The Morgan fingerprint density at radius 2 is 1.86 bits per heavy atom. The first-order chi connectivity index (χ1) is 16.9. The van der Waals surface area contributed by atoms with E-state index in [1.807, 2.05) is 13.0 Å². The van der Waals surface area contributed by atoms with Gasteiger partial charge in [0.05, 0.1) is 31.5 Å². The van der Waals surface area contributed by atoms with Gasteiger partial charge in [-0.15, -0.1) is 0 Å². The Morgan fingerprint density at radius 3 is 2.50 bits per heavy atom. The minimum Gasteiger partial charge on any atom is -0.495 e. The summed E-state index contributed by atoms with van der Waals surface area (Å²) in [5, 5.41) is 0. The Bertz CT molecular complexity index is 1340. The summed E-state index contributed by atoms with van der Waals surface area (Å²) in [6.45, 7) is 1.90. The SMILES string of the molecule is COC(=O)c1cc(OS(=O)(=O)C(F)(F)F)c2c(c1)C(=O)N(C1CCCc3nc(C)c(OC)cc31)CC2. The van der Waals surface area contributed by atoms with Crippen LogP contribution in [-0.2, 0) is 27.7 Å². The molecule has 0 N–H and O–H groups in total. The number of methoxy groups -OCH3 is 2. The van der Waals surface area contributed by atoms with Gasteiger partial charge in [-0.2, -0.15) is 21.6 Å². The Hall–Kier alpha value is -3.35. The first-order valence-electron chi connectivity index (χ1n) is 11.0. The van der Waals surface area contributed by atoms with Crippen LogP contribution in [0.2, 0.25) is 0 Å². The summed E-state index contributed by atoms with van der Waals surface area (Å²) < 4.78 is 76.8. The van der Waals surface area contributed by atoms with Crippen molar-refractivity contribution in [3.8, 4) is 11.5 Å². The van der Waals surface area contributed by atoms with Gasteiger partial charge >= 0.3 is 21.6 Å². The number of ether oxygens (including phenoxy) is 2. The van der Waals surface area contributed by atoms with Gasteiger partial charge in [0.1, 0.15) is 11.5 Å². The van der Waals surface area contributed by atoms with E-state index >= 15 is 0 Å². The first kappa shape index (κ1) is 25.7. The number of esters is 1. The number of hydrogen-bond donors (Lipinski definition) is 0. The third-order valence-corrected chi connectivity index (χ3v) is 7.30. The zero-order chi connectivity index (χ0) is 26.4. The molecule has 1 atom stereocenters. The first-order valence-corrected chi connectivity index (χ1v) is 12.4. The number of alkyl halides is 3. The van der Waals surface area contributed by atoms with Crippen LogP contribution in [-0.4, -0.2) is 56.5 Å². The predicted octanol–water partition coefficient (Wildman–Crippen LogP) is 3.49. The van der Waals surface area contributed by atoms with Gasteiger partial charge in [-0.25, -0.2) is 4.79 Å². The third-order valence-electron chi connectivity index (χ3n) is 6.33. The van der Waals surface area contributed by atoms with E-state index in [0.717, 1.165) is 37.3 Å². The lowest BCUT2D eigenvalue weighted by molar-refractivity contribution is -0.0500. The minimum atomic E-state index is -6.04. The summed E-state index contributed by atoms with van der Waals surface area (Å²) in [4.78, 5) is 32.0. The molecule has 1 aromatic carbocycles. The fraction of sp³-hybridized carbons (Fsp3) is 0.435. The van der Waals surface area contributed by atoms with Crippen LogP contribution in [0.25, 0.3) is 0 Å². The van der Waals surface area contributed by atoms with Crippen LogP contribution >= 0.6 is 0 Å². The molecule has 1 aromatic heterocycles. The van der Waals surface area contributed by atoms with Gasteiger partial charge in [-0.1, -0.05) is 0 Å². The Balaban J connectivity index is 1.79. The average molecular weight is 529 g/mol. The maximum atomic E-state index is 13.6. The molecule has 36 heavy (non-hydrogen) atoms. The Morgan fingerprint density at radius 1 is 1.14 bits per heavy atom. The number of carbonyl (C=O) groups is 2. The molecule has 2 heterocycles. The van der Waals surface area contributed by atoms with Gasteiger partial charge in [0.15, 0.2) is 0 Å². The molecule has 0 bridgehead atoms. The molecule has 0 radical (unpaired) electrons. The summed E-state index contributed by atoms with van der Waals surface area (Å²) >= 11 is 0. The van der Waals surface area contributed by atoms with E-state index < -0.39 is 33.3 Å². The van der Waals surface area contributed by atoms with Gasteiger partial charge in [0, 0.05) is 23.4 Å². The van der Waals surface area contributed by atoms with Gasteiger partial charge in [-0.05, 0) is 56.4 Å².